The van der Waals surface area contributed by atoms with E-state index in [-0.39, 0.29) is 37.0 Å². The number of likely N-dealkylation sites (N-methyl/N-ethyl adjacent to an activating group) is 1. The molecular weight excluding hydrogens is 552 g/mol. The van der Waals surface area contributed by atoms with E-state index in [1.807, 2.05) is 0 Å². The zero-order valence-corrected chi connectivity index (χ0v) is 25.0. The van der Waals surface area contributed by atoms with Crippen molar-refractivity contribution in [3.63, 3.8) is 0 Å². The van der Waals surface area contributed by atoms with Crippen molar-refractivity contribution < 1.29 is 29.7 Å². The van der Waals surface area contributed by atoms with Crippen LogP contribution in [0.3, 0.4) is 0 Å². The summed E-state index contributed by atoms with van der Waals surface area (Å²) < 4.78 is 0. The number of aliphatic hydroxyl groups excluding tert-OH is 1. The lowest BCUT2D eigenvalue weighted by Gasteiger charge is -2.25. The third-order valence-corrected chi connectivity index (χ3v) is 7.74. The average Bonchev–Trinajstić information content (AvgIpc) is 2.98. The van der Waals surface area contributed by atoms with Crippen LogP contribution in [0.2, 0.25) is 0 Å². The maximum atomic E-state index is 13.6. The highest BCUT2D eigenvalue weighted by atomic mass is 16.3. The number of carbonyl (C=O) groups excluding carboxylic acids is 3. The van der Waals surface area contributed by atoms with Gasteiger partial charge in [-0.25, -0.2) is 0 Å². The molecule has 0 spiro atoms. The zero-order chi connectivity index (χ0) is 31.4. The molecule has 1 aliphatic heterocycles. The summed E-state index contributed by atoms with van der Waals surface area (Å²) in [7, 11) is 3.43. The molecule has 12 heteroatoms. The van der Waals surface area contributed by atoms with Gasteiger partial charge in [-0.1, -0.05) is 12.1 Å². The van der Waals surface area contributed by atoms with Crippen molar-refractivity contribution >= 4 is 17.7 Å². The summed E-state index contributed by atoms with van der Waals surface area (Å²) in [6, 6.07) is 7.25. The maximum absolute atomic E-state index is 13.6. The third kappa shape index (κ3) is 9.92. The lowest BCUT2D eigenvalue weighted by Crippen LogP contribution is -2.57. The number of aromatic hydroxyl groups is 2. The van der Waals surface area contributed by atoms with Crippen LogP contribution in [0.4, 0.5) is 0 Å². The van der Waals surface area contributed by atoms with Gasteiger partial charge < -0.3 is 47.6 Å². The first kappa shape index (κ1) is 33.8. The Hall–Kier alpha value is -3.71. The van der Waals surface area contributed by atoms with Crippen LogP contribution < -0.4 is 32.3 Å². The van der Waals surface area contributed by atoms with Gasteiger partial charge in [0.2, 0.25) is 17.7 Å². The van der Waals surface area contributed by atoms with Gasteiger partial charge in [0.25, 0.3) is 0 Å². The zero-order valence-electron chi connectivity index (χ0n) is 25.0. The second-order valence-electron chi connectivity index (χ2n) is 11.0. The molecule has 4 bridgehead atoms. The molecule has 3 rings (SSSR count). The van der Waals surface area contributed by atoms with Crippen LogP contribution >= 0.6 is 0 Å². The van der Waals surface area contributed by atoms with Gasteiger partial charge in [-0.15, -0.1) is 0 Å². The Morgan fingerprint density at radius 1 is 0.930 bits per heavy atom. The highest BCUT2D eigenvalue weighted by Crippen LogP contribution is 2.31. The molecular formula is C31H46N6O6. The Morgan fingerprint density at radius 3 is 2.19 bits per heavy atom. The summed E-state index contributed by atoms with van der Waals surface area (Å²) in [4.78, 5) is 40.4. The monoisotopic (exact) mass is 598 g/mol. The molecule has 0 aromatic heterocycles. The molecule has 0 radical (unpaired) electrons. The summed E-state index contributed by atoms with van der Waals surface area (Å²) in [6.07, 6.45) is 2.77. The number of nitrogens with one attached hydrogen (secondary N) is 5. The normalized spacial score (nSPS) is 19.9. The molecule has 1 aliphatic rings. The second-order valence-corrected chi connectivity index (χ2v) is 11.0. The van der Waals surface area contributed by atoms with Crippen molar-refractivity contribution in [2.45, 2.75) is 69.1 Å². The molecule has 12 nitrogen and oxygen atoms in total. The average molecular weight is 599 g/mol. The number of amides is 3. The first-order valence-corrected chi connectivity index (χ1v) is 14.9. The maximum Gasteiger partial charge on any atom is 0.243 e. The van der Waals surface area contributed by atoms with Crippen molar-refractivity contribution in [1.29, 1.82) is 0 Å². The number of rotatable bonds is 12. The fourth-order valence-electron chi connectivity index (χ4n) is 5.14. The molecule has 43 heavy (non-hydrogen) atoms. The van der Waals surface area contributed by atoms with Gasteiger partial charge in [0.15, 0.2) is 0 Å². The van der Waals surface area contributed by atoms with E-state index in [1.165, 1.54) is 6.07 Å². The van der Waals surface area contributed by atoms with Crippen molar-refractivity contribution in [3.8, 4) is 22.6 Å². The van der Waals surface area contributed by atoms with Gasteiger partial charge in [0.05, 0.1) is 6.04 Å². The third-order valence-electron chi connectivity index (χ3n) is 7.74. The van der Waals surface area contributed by atoms with Crippen LogP contribution in [0.5, 0.6) is 11.5 Å². The molecule has 4 atom stereocenters. The van der Waals surface area contributed by atoms with Crippen molar-refractivity contribution in [2.75, 3.05) is 33.8 Å². The van der Waals surface area contributed by atoms with Crippen LogP contribution in [0.1, 0.15) is 43.2 Å². The number of phenolic OH excluding ortho intramolecular Hbond substituents is 2. The number of carbonyl (C=O) groups is 3. The van der Waals surface area contributed by atoms with Crippen molar-refractivity contribution in [2.24, 2.45) is 5.73 Å². The van der Waals surface area contributed by atoms with Crippen molar-refractivity contribution in [1.82, 2.24) is 26.6 Å². The van der Waals surface area contributed by atoms with Gasteiger partial charge in [-0.2, -0.15) is 0 Å². The van der Waals surface area contributed by atoms with Gasteiger partial charge in [-0.3, -0.25) is 14.4 Å². The lowest BCUT2D eigenvalue weighted by atomic mass is 9.95. The van der Waals surface area contributed by atoms with Crippen LogP contribution in [0.25, 0.3) is 11.1 Å². The molecule has 0 saturated carbocycles. The Kier molecular flexibility index (Phi) is 13.2. The molecule has 236 valence electrons. The standard InChI is InChI=1S/C31H46N6O6/c1-33-12-4-6-24-30(42)37-26(29(41)35-13-3-5-23(32)11-14-38)18-22-16-20(8-10-28(22)40)19-7-9-27(39)21(15-19)17-25(34-2)31(43)36-24/h7-10,15-16,23-26,33-34,38-40H,3-6,11-14,17-18,32H2,1-2H3,(H,35,41)(H,36,43)(H,37,42)/t23-,24-,25-,26-/m0/s1. The molecule has 0 saturated heterocycles. The minimum Gasteiger partial charge on any atom is -0.508 e. The fourth-order valence-corrected chi connectivity index (χ4v) is 5.14. The van der Waals surface area contributed by atoms with E-state index in [0.717, 1.165) is 11.1 Å². The summed E-state index contributed by atoms with van der Waals surface area (Å²) in [6.45, 7) is 0.939. The van der Waals surface area contributed by atoms with Gasteiger partial charge in [0.1, 0.15) is 23.6 Å². The van der Waals surface area contributed by atoms with Crippen LogP contribution in [-0.4, -0.2) is 91.0 Å². The smallest absolute Gasteiger partial charge is 0.243 e. The van der Waals surface area contributed by atoms with Gasteiger partial charge in [-0.05, 0) is 99.3 Å². The summed E-state index contributed by atoms with van der Waals surface area (Å²) in [5, 5.41) is 44.9. The highest BCUT2D eigenvalue weighted by molar-refractivity contribution is 5.93. The second kappa shape index (κ2) is 16.8. The molecule has 2 aromatic rings. The topological polar surface area (TPSA) is 198 Å². The number of aliphatic hydroxyl groups is 1. The van der Waals surface area contributed by atoms with Crippen LogP contribution in [-0.2, 0) is 27.2 Å². The molecule has 1 heterocycles. The van der Waals surface area contributed by atoms with Crippen molar-refractivity contribution in [3.05, 3.63) is 47.5 Å². The van der Waals surface area contributed by atoms with E-state index in [4.69, 9.17) is 10.8 Å². The predicted octanol–water partition coefficient (Wildman–Crippen LogP) is 0.0267. The van der Waals surface area contributed by atoms with E-state index >= 15 is 0 Å². The quantitative estimate of drug-likeness (QED) is 0.151. The highest BCUT2D eigenvalue weighted by Gasteiger charge is 2.30. The summed E-state index contributed by atoms with van der Waals surface area (Å²) in [5.74, 6) is -1.34. The first-order chi connectivity index (χ1) is 20.7. The lowest BCUT2D eigenvalue weighted by molar-refractivity contribution is -0.132. The van der Waals surface area contributed by atoms with E-state index in [2.05, 4.69) is 26.6 Å². The minimum atomic E-state index is -1.04. The van der Waals surface area contributed by atoms with Crippen LogP contribution in [0, 0.1) is 0 Å². The SMILES string of the molecule is CNCCC[C@@H]1NC(=O)[C@@H](NC)Cc2cc(ccc2O)-c2ccc(O)c(c2)C[C@@H](C(=O)NCCC[C@H](N)CCO)NC1=O. The number of hydrogen-bond acceptors (Lipinski definition) is 9. The largest absolute Gasteiger partial charge is 0.508 e. The minimum absolute atomic E-state index is 0.00252. The van der Waals surface area contributed by atoms with E-state index in [1.54, 1.807) is 44.4 Å². The Balaban J connectivity index is 1.97. The van der Waals surface area contributed by atoms with Gasteiger partial charge in [0, 0.05) is 32.0 Å². The summed E-state index contributed by atoms with van der Waals surface area (Å²) in [5.41, 5.74) is 8.46. The van der Waals surface area contributed by atoms with Crippen LogP contribution in [0.15, 0.2) is 36.4 Å². The number of benzene rings is 2. The molecule has 0 fully saturated rings. The summed E-state index contributed by atoms with van der Waals surface area (Å²) >= 11 is 0. The Labute approximate surface area is 252 Å². The number of phenols is 2. The molecule has 0 aliphatic carbocycles. The fraction of sp³-hybridized carbons (Fsp3) is 0.516. The molecule has 10 N–H and O–H groups in total. The van der Waals surface area contributed by atoms with Gasteiger partial charge >= 0.3 is 0 Å². The first-order valence-electron chi connectivity index (χ1n) is 14.9. The Morgan fingerprint density at radius 2 is 1.58 bits per heavy atom. The number of hydrogen-bond donors (Lipinski definition) is 9. The van der Waals surface area contributed by atoms with E-state index in [0.29, 0.717) is 56.3 Å². The van der Waals surface area contributed by atoms with E-state index < -0.39 is 35.8 Å². The molecule has 0 unspecified atom stereocenters. The number of nitrogens with two attached hydrogens (primary N) is 1. The van der Waals surface area contributed by atoms with E-state index in [9.17, 15) is 24.6 Å². The Bertz CT molecular complexity index is 1240. The number of fused-ring (bicyclic) bond motifs is 5. The molecule has 3 amide bonds. The molecule has 2 aromatic carbocycles. The predicted molar refractivity (Wildman–Crippen MR) is 164 cm³/mol.